The number of unbranched alkanes of at least 4 members (excludes halogenated alkanes) is 1. The molecule has 0 aliphatic rings. The lowest BCUT2D eigenvalue weighted by molar-refractivity contribution is -0.117. The van der Waals surface area contributed by atoms with Crippen molar-refractivity contribution in [3.05, 3.63) is 28.2 Å². The first-order valence-corrected chi connectivity index (χ1v) is 6.66. The highest BCUT2D eigenvalue weighted by Gasteiger charge is 2.15. The third-order valence-electron chi connectivity index (χ3n) is 2.53. The molecule has 0 bridgehead atoms. The molecule has 1 N–H and O–H groups in total. The van der Waals surface area contributed by atoms with Gasteiger partial charge in [0.15, 0.2) is 0 Å². The number of benzene rings is 1. The molecule has 0 unspecified atom stereocenters. The number of halogens is 1. The molecule has 1 rings (SSSR count). The lowest BCUT2D eigenvalue weighted by Crippen LogP contribution is -2.42. The number of nitrogens with one attached hydrogen (secondary N) is 1. The Hall–Kier alpha value is -0.870. The van der Waals surface area contributed by atoms with Gasteiger partial charge >= 0.3 is 0 Å². The van der Waals surface area contributed by atoms with Gasteiger partial charge < -0.3 is 0 Å². The summed E-state index contributed by atoms with van der Waals surface area (Å²) < 4.78 is 0.927. The molecule has 0 spiro atoms. The highest BCUT2D eigenvalue weighted by atomic mass is 79.9. The summed E-state index contributed by atoms with van der Waals surface area (Å²) in [6.45, 7) is 6.50. The van der Waals surface area contributed by atoms with Crippen LogP contribution < -0.4 is 10.4 Å². The van der Waals surface area contributed by atoms with Crippen LogP contribution >= 0.6 is 15.9 Å². The van der Waals surface area contributed by atoms with Crippen molar-refractivity contribution in [2.45, 2.75) is 33.6 Å². The Bertz CT molecular complexity index is 373. The smallest absolute Gasteiger partial charge is 0.238 e. The van der Waals surface area contributed by atoms with Gasteiger partial charge in [-0.1, -0.05) is 25.5 Å². The van der Waals surface area contributed by atoms with E-state index in [0.717, 1.165) is 35.1 Å². The van der Waals surface area contributed by atoms with Gasteiger partial charge in [0.2, 0.25) is 5.91 Å². The highest BCUT2D eigenvalue weighted by Crippen LogP contribution is 2.28. The van der Waals surface area contributed by atoms with Crippen molar-refractivity contribution in [3.8, 4) is 0 Å². The van der Waals surface area contributed by atoms with Gasteiger partial charge in [-0.2, -0.15) is 0 Å². The zero-order valence-electron chi connectivity index (χ0n) is 10.6. The molecule has 0 fully saturated rings. The van der Waals surface area contributed by atoms with Crippen molar-refractivity contribution < 1.29 is 4.79 Å². The fraction of sp³-hybridized carbons (Fsp3) is 0.462. The van der Waals surface area contributed by atoms with Gasteiger partial charge in [0.05, 0.1) is 5.69 Å². The Labute approximate surface area is 111 Å². The van der Waals surface area contributed by atoms with E-state index >= 15 is 0 Å². The molecule has 0 saturated carbocycles. The number of rotatable bonds is 5. The van der Waals surface area contributed by atoms with Crippen molar-refractivity contribution in [1.29, 1.82) is 0 Å². The van der Waals surface area contributed by atoms with Crippen LogP contribution in [-0.4, -0.2) is 12.5 Å². The quantitative estimate of drug-likeness (QED) is 0.667. The van der Waals surface area contributed by atoms with Crippen LogP contribution in [0.1, 0.15) is 32.3 Å². The maximum atomic E-state index is 11.7. The van der Waals surface area contributed by atoms with E-state index in [4.69, 9.17) is 0 Å². The molecule has 0 heterocycles. The summed E-state index contributed by atoms with van der Waals surface area (Å²) in [5.74, 6) is -0.00361. The second kappa shape index (κ2) is 6.77. The van der Waals surface area contributed by atoms with E-state index < -0.39 is 0 Å². The Morgan fingerprint density at radius 1 is 1.47 bits per heavy atom. The third-order valence-corrected chi connectivity index (χ3v) is 3.17. The lowest BCUT2D eigenvalue weighted by atomic mass is 10.2. The van der Waals surface area contributed by atoms with E-state index in [-0.39, 0.29) is 5.91 Å². The number of aryl methyl sites for hydroxylation is 1. The van der Waals surface area contributed by atoms with E-state index in [0.29, 0.717) is 0 Å². The van der Waals surface area contributed by atoms with Gasteiger partial charge in [0.25, 0.3) is 0 Å². The number of carbonyl (C=O) groups is 1. The predicted molar refractivity (Wildman–Crippen MR) is 74.9 cm³/mol. The van der Waals surface area contributed by atoms with Gasteiger partial charge in [0, 0.05) is 17.9 Å². The SMILES string of the molecule is CCCCNN(C(C)=O)c1c(C)cccc1Br. The molecule has 94 valence electrons. The molecule has 17 heavy (non-hydrogen) atoms. The van der Waals surface area contributed by atoms with Crippen molar-refractivity contribution in [1.82, 2.24) is 5.43 Å². The number of para-hydroxylation sites is 1. The number of anilines is 1. The van der Waals surface area contributed by atoms with Crippen LogP contribution in [0.5, 0.6) is 0 Å². The number of nitrogens with zero attached hydrogens (tertiary/aromatic N) is 1. The summed E-state index contributed by atoms with van der Waals surface area (Å²) in [5, 5.41) is 1.62. The first-order valence-electron chi connectivity index (χ1n) is 5.87. The lowest BCUT2D eigenvalue weighted by Gasteiger charge is -2.25. The van der Waals surface area contributed by atoms with Crippen LogP contribution in [0.25, 0.3) is 0 Å². The van der Waals surface area contributed by atoms with Gasteiger partial charge in [-0.3, -0.25) is 4.79 Å². The minimum Gasteiger partial charge on any atom is -0.273 e. The molecule has 0 saturated heterocycles. The Morgan fingerprint density at radius 2 is 2.18 bits per heavy atom. The van der Waals surface area contributed by atoms with Crippen molar-refractivity contribution in [2.24, 2.45) is 0 Å². The van der Waals surface area contributed by atoms with Gasteiger partial charge in [-0.15, -0.1) is 0 Å². The number of hydrogen-bond donors (Lipinski definition) is 1. The average molecular weight is 299 g/mol. The molecule has 1 aromatic carbocycles. The molecule has 0 aromatic heterocycles. The number of hydrazine groups is 1. The normalized spacial score (nSPS) is 10.4. The van der Waals surface area contributed by atoms with Crippen LogP contribution in [0.2, 0.25) is 0 Å². The zero-order chi connectivity index (χ0) is 12.8. The van der Waals surface area contributed by atoms with E-state index in [1.165, 1.54) is 0 Å². The molecule has 1 amide bonds. The molecule has 1 aromatic rings. The molecule has 0 aliphatic carbocycles. The fourth-order valence-corrected chi connectivity index (χ4v) is 2.26. The molecule has 0 atom stereocenters. The largest absolute Gasteiger partial charge is 0.273 e. The minimum atomic E-state index is -0.00361. The van der Waals surface area contributed by atoms with Crippen LogP contribution in [0.15, 0.2) is 22.7 Å². The summed E-state index contributed by atoms with van der Waals surface area (Å²) in [6, 6.07) is 5.91. The van der Waals surface area contributed by atoms with Crippen molar-refractivity contribution >= 4 is 27.5 Å². The van der Waals surface area contributed by atoms with Crippen LogP contribution in [0.3, 0.4) is 0 Å². The van der Waals surface area contributed by atoms with Gasteiger partial charge in [0.1, 0.15) is 0 Å². The summed E-state index contributed by atoms with van der Waals surface area (Å²) in [7, 11) is 0. The standard InChI is InChI=1S/C13H19BrN2O/c1-4-5-9-15-16(11(3)17)13-10(2)7-6-8-12(13)14/h6-8,15H,4-5,9H2,1-3H3. The second-order valence-corrected chi connectivity index (χ2v) is 4.88. The molecular weight excluding hydrogens is 280 g/mol. The maximum Gasteiger partial charge on any atom is 0.238 e. The fourth-order valence-electron chi connectivity index (χ4n) is 1.62. The topological polar surface area (TPSA) is 32.3 Å². The van der Waals surface area contributed by atoms with Crippen LogP contribution in [-0.2, 0) is 4.79 Å². The predicted octanol–water partition coefficient (Wildman–Crippen LogP) is 3.42. The molecular formula is C13H19BrN2O. The Morgan fingerprint density at radius 3 is 2.71 bits per heavy atom. The Balaban J connectivity index is 2.93. The average Bonchev–Trinajstić information content (AvgIpc) is 2.26. The number of amides is 1. The van der Waals surface area contributed by atoms with Crippen LogP contribution in [0.4, 0.5) is 5.69 Å². The molecule has 3 nitrogen and oxygen atoms in total. The van der Waals surface area contributed by atoms with E-state index in [2.05, 4.69) is 28.3 Å². The summed E-state index contributed by atoms with van der Waals surface area (Å²) >= 11 is 3.49. The van der Waals surface area contributed by atoms with Crippen molar-refractivity contribution in [3.63, 3.8) is 0 Å². The van der Waals surface area contributed by atoms with Crippen LogP contribution in [0, 0.1) is 6.92 Å². The van der Waals surface area contributed by atoms with Gasteiger partial charge in [-0.05, 0) is 40.9 Å². The first-order chi connectivity index (χ1) is 8.07. The summed E-state index contributed by atoms with van der Waals surface area (Å²) in [6.07, 6.45) is 2.15. The molecule has 0 aliphatic heterocycles. The molecule has 4 heteroatoms. The maximum absolute atomic E-state index is 11.7. The van der Waals surface area contributed by atoms with Gasteiger partial charge in [-0.25, -0.2) is 10.4 Å². The van der Waals surface area contributed by atoms with E-state index in [1.807, 2.05) is 25.1 Å². The van der Waals surface area contributed by atoms with E-state index in [1.54, 1.807) is 11.9 Å². The molecule has 0 radical (unpaired) electrons. The Kier molecular flexibility index (Phi) is 5.65. The minimum absolute atomic E-state index is 0.00361. The number of carbonyl (C=O) groups excluding carboxylic acids is 1. The summed E-state index contributed by atoms with van der Waals surface area (Å²) in [5.41, 5.74) is 5.14. The zero-order valence-corrected chi connectivity index (χ0v) is 12.2. The van der Waals surface area contributed by atoms with E-state index in [9.17, 15) is 4.79 Å². The third kappa shape index (κ3) is 3.82. The van der Waals surface area contributed by atoms with Crippen molar-refractivity contribution in [2.75, 3.05) is 11.6 Å². The summed E-state index contributed by atoms with van der Waals surface area (Å²) in [4.78, 5) is 11.7. The number of hydrogen-bond acceptors (Lipinski definition) is 2. The first kappa shape index (κ1) is 14.2. The monoisotopic (exact) mass is 298 g/mol. The second-order valence-electron chi connectivity index (χ2n) is 4.02. The highest BCUT2D eigenvalue weighted by molar-refractivity contribution is 9.10.